The first-order valence-corrected chi connectivity index (χ1v) is 8.47. The van der Waals surface area contributed by atoms with Crippen molar-refractivity contribution in [3.8, 4) is 0 Å². The van der Waals surface area contributed by atoms with E-state index < -0.39 is 16.8 Å². The predicted molar refractivity (Wildman–Crippen MR) is 87.0 cm³/mol. The molecule has 0 saturated carbocycles. The zero-order chi connectivity index (χ0) is 16.8. The number of thioether (sulfide) groups is 1. The molecule has 0 aromatic heterocycles. The van der Waals surface area contributed by atoms with Crippen LogP contribution in [0.4, 0.5) is 0 Å². The summed E-state index contributed by atoms with van der Waals surface area (Å²) in [7, 11) is 0. The van der Waals surface area contributed by atoms with Crippen LogP contribution in [0.25, 0.3) is 0 Å². The van der Waals surface area contributed by atoms with Gasteiger partial charge in [0.1, 0.15) is 11.8 Å². The number of β-lactam (4-membered cyclic amide) rings is 1. The first kappa shape index (κ1) is 16.1. The monoisotopic (exact) mass is 333 g/mol. The van der Waals surface area contributed by atoms with Gasteiger partial charge in [-0.25, -0.2) is 4.79 Å². The summed E-state index contributed by atoms with van der Waals surface area (Å²) in [6.45, 7) is 3.68. The number of Topliss-reactive ketones (excluding diaryl/α,β-unsaturated/α-hetero) is 1. The molecule has 0 spiro atoms. The highest BCUT2D eigenvalue weighted by molar-refractivity contribution is 8.01. The van der Waals surface area contributed by atoms with E-state index in [2.05, 4.69) is 0 Å². The van der Waals surface area contributed by atoms with E-state index in [0.717, 1.165) is 5.56 Å². The van der Waals surface area contributed by atoms with Crippen molar-refractivity contribution in [2.45, 2.75) is 42.9 Å². The summed E-state index contributed by atoms with van der Waals surface area (Å²) in [5.74, 6) is -1.56. The van der Waals surface area contributed by atoms with Gasteiger partial charge in [0.05, 0.1) is 11.3 Å². The average molecular weight is 333 g/mol. The second-order valence-corrected chi connectivity index (χ2v) is 8.38. The number of carboxylic acid groups (broad SMARTS) is 1. The van der Waals surface area contributed by atoms with Crippen LogP contribution in [0.2, 0.25) is 0 Å². The molecule has 122 valence electrons. The van der Waals surface area contributed by atoms with Gasteiger partial charge in [-0.05, 0) is 19.4 Å². The number of aliphatic carboxylic acids is 1. The van der Waals surface area contributed by atoms with Crippen LogP contribution in [0.15, 0.2) is 30.3 Å². The van der Waals surface area contributed by atoms with Crippen molar-refractivity contribution in [3.05, 3.63) is 35.9 Å². The van der Waals surface area contributed by atoms with Crippen molar-refractivity contribution in [1.82, 2.24) is 4.90 Å². The Kier molecular flexibility index (Phi) is 3.96. The molecule has 0 radical (unpaired) electrons. The van der Waals surface area contributed by atoms with Crippen LogP contribution in [0.5, 0.6) is 0 Å². The zero-order valence-electron chi connectivity index (χ0n) is 13.1. The van der Waals surface area contributed by atoms with E-state index in [1.165, 1.54) is 16.7 Å². The molecule has 23 heavy (non-hydrogen) atoms. The number of hydrogen-bond donors (Lipinski definition) is 1. The zero-order valence-corrected chi connectivity index (χ0v) is 13.9. The predicted octanol–water partition coefficient (Wildman–Crippen LogP) is 1.95. The van der Waals surface area contributed by atoms with E-state index in [9.17, 15) is 19.5 Å². The third kappa shape index (κ3) is 2.76. The lowest BCUT2D eigenvalue weighted by Crippen LogP contribution is -2.62. The first-order chi connectivity index (χ1) is 10.8. The third-order valence-corrected chi connectivity index (χ3v) is 6.10. The summed E-state index contributed by atoms with van der Waals surface area (Å²) in [5.41, 5.74) is 0.934. The maximum atomic E-state index is 12.3. The SMILES string of the molecule is CC1(C)SC2C(CC(=O)Cc3ccccc3)C(=O)N2C1C(=O)O. The van der Waals surface area contributed by atoms with Gasteiger partial charge in [0.25, 0.3) is 0 Å². The average Bonchev–Trinajstić information content (AvgIpc) is 2.74. The minimum absolute atomic E-state index is 0.0198. The van der Waals surface area contributed by atoms with Gasteiger partial charge in [-0.2, -0.15) is 0 Å². The van der Waals surface area contributed by atoms with Gasteiger partial charge in [0, 0.05) is 17.6 Å². The fraction of sp³-hybridized carbons (Fsp3) is 0.471. The lowest BCUT2D eigenvalue weighted by atomic mass is 9.87. The second kappa shape index (κ2) is 5.67. The molecule has 3 atom stereocenters. The molecule has 0 bridgehead atoms. The number of hydrogen-bond acceptors (Lipinski definition) is 4. The van der Waals surface area contributed by atoms with Gasteiger partial charge in [0.15, 0.2) is 0 Å². The van der Waals surface area contributed by atoms with E-state index in [1.54, 1.807) is 0 Å². The van der Waals surface area contributed by atoms with E-state index in [-0.39, 0.29) is 29.4 Å². The van der Waals surface area contributed by atoms with E-state index in [4.69, 9.17) is 0 Å². The van der Waals surface area contributed by atoms with Crippen molar-refractivity contribution < 1.29 is 19.5 Å². The molecule has 3 unspecified atom stereocenters. The Morgan fingerprint density at radius 1 is 1.26 bits per heavy atom. The van der Waals surface area contributed by atoms with Gasteiger partial charge in [0.2, 0.25) is 5.91 Å². The van der Waals surface area contributed by atoms with Gasteiger partial charge in [-0.3, -0.25) is 9.59 Å². The molecule has 1 aromatic carbocycles. The molecule has 2 heterocycles. The van der Waals surface area contributed by atoms with Gasteiger partial charge in [-0.1, -0.05) is 30.3 Å². The summed E-state index contributed by atoms with van der Waals surface area (Å²) < 4.78 is -0.538. The highest BCUT2D eigenvalue weighted by Crippen LogP contribution is 2.54. The van der Waals surface area contributed by atoms with Crippen molar-refractivity contribution in [3.63, 3.8) is 0 Å². The fourth-order valence-electron chi connectivity index (χ4n) is 3.42. The normalized spacial score (nSPS) is 28.2. The molecule has 0 aliphatic carbocycles. The topological polar surface area (TPSA) is 74.7 Å². The molecule has 1 aromatic rings. The molecule has 2 aliphatic rings. The van der Waals surface area contributed by atoms with Crippen LogP contribution in [0.3, 0.4) is 0 Å². The van der Waals surface area contributed by atoms with Crippen LogP contribution in [-0.4, -0.2) is 43.8 Å². The highest BCUT2D eigenvalue weighted by atomic mass is 32.2. The fourth-order valence-corrected chi connectivity index (χ4v) is 5.10. The molecule has 2 saturated heterocycles. The Morgan fingerprint density at radius 3 is 2.52 bits per heavy atom. The largest absolute Gasteiger partial charge is 0.480 e. The van der Waals surface area contributed by atoms with Gasteiger partial charge < -0.3 is 10.0 Å². The molecule has 2 fully saturated rings. The maximum absolute atomic E-state index is 12.3. The van der Waals surface area contributed by atoms with E-state index in [1.807, 2.05) is 44.2 Å². The summed E-state index contributed by atoms with van der Waals surface area (Å²) in [4.78, 5) is 37.4. The molecular weight excluding hydrogens is 314 g/mol. The number of nitrogens with zero attached hydrogens (tertiary/aromatic N) is 1. The second-order valence-electron chi connectivity index (χ2n) is 6.61. The Labute approximate surface area is 139 Å². The molecule has 2 aliphatic heterocycles. The number of carbonyl (C=O) groups excluding carboxylic acids is 2. The summed E-state index contributed by atoms with van der Waals surface area (Å²) in [5, 5.41) is 9.18. The van der Waals surface area contributed by atoms with Crippen LogP contribution >= 0.6 is 11.8 Å². The lowest BCUT2D eigenvalue weighted by Gasteiger charge is -2.43. The first-order valence-electron chi connectivity index (χ1n) is 7.59. The Bertz CT molecular complexity index is 658. The Hall–Kier alpha value is -1.82. The minimum atomic E-state index is -0.979. The number of rotatable bonds is 5. The third-order valence-electron chi connectivity index (χ3n) is 4.48. The summed E-state index contributed by atoms with van der Waals surface area (Å²) in [6, 6.07) is 8.62. The van der Waals surface area contributed by atoms with Crippen molar-refractivity contribution >= 4 is 29.4 Å². The van der Waals surface area contributed by atoms with Crippen LogP contribution in [0, 0.1) is 5.92 Å². The smallest absolute Gasteiger partial charge is 0.327 e. The van der Waals surface area contributed by atoms with Crippen LogP contribution in [-0.2, 0) is 20.8 Å². The van der Waals surface area contributed by atoms with Crippen molar-refractivity contribution in [2.24, 2.45) is 5.92 Å². The maximum Gasteiger partial charge on any atom is 0.327 e. The van der Waals surface area contributed by atoms with Gasteiger partial charge in [-0.15, -0.1) is 11.8 Å². The Morgan fingerprint density at radius 2 is 1.91 bits per heavy atom. The highest BCUT2D eigenvalue weighted by Gasteiger charge is 2.63. The lowest BCUT2D eigenvalue weighted by molar-refractivity contribution is -0.164. The number of ketones is 1. The quantitative estimate of drug-likeness (QED) is 0.834. The molecule has 3 rings (SSSR count). The summed E-state index contributed by atoms with van der Waals surface area (Å²) in [6.07, 6.45) is 0.498. The van der Waals surface area contributed by atoms with E-state index >= 15 is 0 Å². The molecule has 1 amide bonds. The van der Waals surface area contributed by atoms with E-state index in [0.29, 0.717) is 6.42 Å². The van der Waals surface area contributed by atoms with Crippen LogP contribution < -0.4 is 0 Å². The number of benzene rings is 1. The molecular formula is C17H19NO4S. The van der Waals surface area contributed by atoms with Crippen LogP contribution in [0.1, 0.15) is 25.8 Å². The molecule has 6 heteroatoms. The number of carbonyl (C=O) groups is 3. The number of carboxylic acids is 1. The molecule has 5 nitrogen and oxygen atoms in total. The number of fused-ring (bicyclic) bond motifs is 1. The van der Waals surface area contributed by atoms with Crippen molar-refractivity contribution in [1.29, 1.82) is 0 Å². The summed E-state index contributed by atoms with van der Waals surface area (Å²) >= 11 is 1.49. The molecule has 1 N–H and O–H groups in total. The number of amides is 1. The standard InChI is InChI=1S/C17H19NO4S/c1-17(2)13(16(21)22)18-14(20)12(15(18)23-17)9-11(19)8-10-6-4-3-5-7-10/h3-7,12-13,15H,8-9H2,1-2H3,(H,21,22). The van der Waals surface area contributed by atoms with Crippen molar-refractivity contribution in [2.75, 3.05) is 0 Å². The Balaban J connectivity index is 1.66. The van der Waals surface area contributed by atoms with Gasteiger partial charge >= 0.3 is 5.97 Å². The minimum Gasteiger partial charge on any atom is -0.480 e.